The molecule has 1 N–H and O–H groups in total. The number of nitrogens with zero attached hydrogens (tertiary/aromatic N) is 1. The highest BCUT2D eigenvalue weighted by Crippen LogP contribution is 2.25. The third-order valence-electron chi connectivity index (χ3n) is 3.82. The summed E-state index contributed by atoms with van der Waals surface area (Å²) in [7, 11) is -2.17. The molecule has 2 aromatic rings. The van der Waals surface area contributed by atoms with Crippen LogP contribution in [0.15, 0.2) is 39.9 Å². The number of amides is 1. The van der Waals surface area contributed by atoms with Crippen molar-refractivity contribution in [3.8, 4) is 5.75 Å². The quantitative estimate of drug-likeness (QED) is 0.883. The van der Waals surface area contributed by atoms with Gasteiger partial charge in [0, 0.05) is 24.2 Å². The lowest BCUT2D eigenvalue weighted by Crippen LogP contribution is -2.27. The van der Waals surface area contributed by atoms with E-state index < -0.39 is 10.0 Å². The molecule has 1 amide bonds. The lowest BCUT2D eigenvalue weighted by molar-refractivity contribution is 0.0793. The van der Waals surface area contributed by atoms with Gasteiger partial charge in [0.05, 0.1) is 12.7 Å². The van der Waals surface area contributed by atoms with E-state index in [1.54, 1.807) is 41.7 Å². The van der Waals surface area contributed by atoms with Crippen LogP contribution in [0, 0.1) is 0 Å². The standard InChI is InChI=1S/C16H18N2O4S2/c1-22-14-6-4-13(5-7-14)17-24(20,21)15-10-12(11-23-15)16(19)18-8-2-3-9-18/h4-7,10-11,17H,2-3,8-9H2,1H3. The van der Waals surface area contributed by atoms with Gasteiger partial charge in [0.25, 0.3) is 15.9 Å². The lowest BCUT2D eigenvalue weighted by atomic mass is 10.3. The second kappa shape index (κ2) is 6.82. The van der Waals surface area contributed by atoms with E-state index in [2.05, 4.69) is 4.72 Å². The minimum absolute atomic E-state index is 0.102. The Morgan fingerprint density at radius 2 is 1.88 bits per heavy atom. The van der Waals surface area contributed by atoms with Crippen molar-refractivity contribution in [2.24, 2.45) is 0 Å². The topological polar surface area (TPSA) is 75.7 Å². The minimum atomic E-state index is -3.71. The summed E-state index contributed by atoms with van der Waals surface area (Å²) >= 11 is 1.05. The molecule has 0 aliphatic carbocycles. The summed E-state index contributed by atoms with van der Waals surface area (Å²) in [5.41, 5.74) is 0.869. The highest BCUT2D eigenvalue weighted by molar-refractivity contribution is 7.94. The minimum Gasteiger partial charge on any atom is -0.497 e. The van der Waals surface area contributed by atoms with Crippen molar-refractivity contribution >= 4 is 33.0 Å². The Kier molecular flexibility index (Phi) is 4.77. The largest absolute Gasteiger partial charge is 0.497 e. The first kappa shape index (κ1) is 16.8. The fourth-order valence-electron chi connectivity index (χ4n) is 2.54. The molecule has 2 heterocycles. The summed E-state index contributed by atoms with van der Waals surface area (Å²) in [5, 5.41) is 1.60. The molecule has 1 aromatic carbocycles. The van der Waals surface area contributed by atoms with E-state index in [1.807, 2.05) is 0 Å². The van der Waals surface area contributed by atoms with E-state index in [-0.39, 0.29) is 10.1 Å². The molecular weight excluding hydrogens is 348 g/mol. The summed E-state index contributed by atoms with van der Waals surface area (Å²) in [6.45, 7) is 1.47. The molecule has 6 nitrogen and oxygen atoms in total. The van der Waals surface area contributed by atoms with Gasteiger partial charge in [-0.05, 0) is 43.2 Å². The number of hydrogen-bond donors (Lipinski definition) is 1. The molecular formula is C16H18N2O4S2. The van der Waals surface area contributed by atoms with Crippen molar-refractivity contribution < 1.29 is 17.9 Å². The van der Waals surface area contributed by atoms with Crippen LogP contribution in [0.25, 0.3) is 0 Å². The monoisotopic (exact) mass is 366 g/mol. The van der Waals surface area contributed by atoms with Crippen molar-refractivity contribution in [2.45, 2.75) is 17.1 Å². The Bertz CT molecular complexity index is 822. The number of thiophene rings is 1. The Balaban J connectivity index is 1.75. The zero-order valence-corrected chi connectivity index (χ0v) is 14.8. The number of methoxy groups -OCH3 is 1. The number of likely N-dealkylation sites (tertiary alicyclic amines) is 1. The molecule has 24 heavy (non-hydrogen) atoms. The van der Waals surface area contributed by atoms with Crippen molar-refractivity contribution in [2.75, 3.05) is 24.9 Å². The van der Waals surface area contributed by atoms with E-state index in [9.17, 15) is 13.2 Å². The number of sulfonamides is 1. The lowest BCUT2D eigenvalue weighted by Gasteiger charge is -2.13. The zero-order valence-electron chi connectivity index (χ0n) is 13.2. The van der Waals surface area contributed by atoms with Crippen molar-refractivity contribution in [1.82, 2.24) is 4.90 Å². The van der Waals surface area contributed by atoms with E-state index >= 15 is 0 Å². The number of nitrogens with one attached hydrogen (secondary N) is 1. The van der Waals surface area contributed by atoms with Crippen LogP contribution in [-0.2, 0) is 10.0 Å². The number of benzene rings is 1. The third-order valence-corrected chi connectivity index (χ3v) is 6.64. The average Bonchev–Trinajstić information content (AvgIpc) is 3.26. The van der Waals surface area contributed by atoms with Crippen LogP contribution in [0.3, 0.4) is 0 Å². The second-order valence-electron chi connectivity index (χ2n) is 5.49. The van der Waals surface area contributed by atoms with Crippen LogP contribution in [0.1, 0.15) is 23.2 Å². The maximum absolute atomic E-state index is 12.5. The molecule has 1 aromatic heterocycles. The first-order chi connectivity index (χ1) is 11.5. The number of carbonyl (C=O) groups is 1. The highest BCUT2D eigenvalue weighted by Gasteiger charge is 2.23. The molecule has 1 aliphatic heterocycles. The maximum Gasteiger partial charge on any atom is 0.271 e. The number of anilines is 1. The van der Waals surface area contributed by atoms with E-state index in [4.69, 9.17) is 4.74 Å². The van der Waals surface area contributed by atoms with Gasteiger partial charge in [-0.2, -0.15) is 0 Å². The summed E-state index contributed by atoms with van der Waals surface area (Å²) in [6.07, 6.45) is 2.00. The predicted octanol–water partition coefficient (Wildman–Crippen LogP) is 2.79. The van der Waals surface area contributed by atoms with Crippen LogP contribution in [0.4, 0.5) is 5.69 Å². The van der Waals surface area contributed by atoms with Gasteiger partial charge in [-0.3, -0.25) is 9.52 Å². The van der Waals surface area contributed by atoms with Crippen LogP contribution in [0.5, 0.6) is 5.75 Å². The maximum atomic E-state index is 12.5. The molecule has 1 fully saturated rings. The fraction of sp³-hybridized carbons (Fsp3) is 0.312. The molecule has 0 saturated carbocycles. The van der Waals surface area contributed by atoms with Crippen LogP contribution in [-0.4, -0.2) is 39.4 Å². The Morgan fingerprint density at radius 1 is 1.21 bits per heavy atom. The van der Waals surface area contributed by atoms with Gasteiger partial charge >= 0.3 is 0 Å². The van der Waals surface area contributed by atoms with Gasteiger partial charge in [-0.15, -0.1) is 11.3 Å². The number of carbonyl (C=O) groups excluding carboxylic acids is 1. The van der Waals surface area contributed by atoms with E-state index in [0.717, 1.165) is 37.3 Å². The fourth-order valence-corrected chi connectivity index (χ4v) is 4.75. The summed E-state index contributed by atoms with van der Waals surface area (Å²) in [6, 6.07) is 8.04. The average molecular weight is 366 g/mol. The molecule has 0 bridgehead atoms. The summed E-state index contributed by atoms with van der Waals surface area (Å²) < 4.78 is 32.6. The van der Waals surface area contributed by atoms with E-state index in [1.165, 1.54) is 6.07 Å². The van der Waals surface area contributed by atoms with Gasteiger partial charge in [0.1, 0.15) is 9.96 Å². The number of hydrogen-bond acceptors (Lipinski definition) is 5. The van der Waals surface area contributed by atoms with Crippen LogP contribution < -0.4 is 9.46 Å². The SMILES string of the molecule is COc1ccc(NS(=O)(=O)c2cc(C(=O)N3CCCC3)cs2)cc1. The first-order valence-corrected chi connectivity index (χ1v) is 9.90. The Labute approximate surface area is 145 Å². The van der Waals surface area contributed by atoms with Crippen molar-refractivity contribution in [3.63, 3.8) is 0 Å². The Hall–Kier alpha value is -2.06. The van der Waals surface area contributed by atoms with Gasteiger partial charge in [-0.1, -0.05) is 0 Å². The van der Waals surface area contributed by atoms with Gasteiger partial charge in [-0.25, -0.2) is 8.42 Å². The first-order valence-electron chi connectivity index (χ1n) is 7.54. The third kappa shape index (κ3) is 3.54. The molecule has 3 rings (SSSR count). The molecule has 0 spiro atoms. The van der Waals surface area contributed by atoms with Crippen molar-refractivity contribution in [3.05, 3.63) is 41.3 Å². The van der Waals surface area contributed by atoms with Gasteiger partial charge in [0.2, 0.25) is 0 Å². The summed E-state index contributed by atoms with van der Waals surface area (Å²) in [4.78, 5) is 14.1. The molecule has 128 valence electrons. The van der Waals surface area contributed by atoms with E-state index in [0.29, 0.717) is 17.0 Å². The molecule has 8 heteroatoms. The second-order valence-corrected chi connectivity index (χ2v) is 8.31. The summed E-state index contributed by atoms with van der Waals surface area (Å²) in [5.74, 6) is 0.544. The number of rotatable bonds is 5. The van der Waals surface area contributed by atoms with Crippen LogP contribution >= 0.6 is 11.3 Å². The molecule has 0 radical (unpaired) electrons. The highest BCUT2D eigenvalue weighted by atomic mass is 32.2. The molecule has 1 saturated heterocycles. The molecule has 0 atom stereocenters. The van der Waals surface area contributed by atoms with Crippen molar-refractivity contribution in [1.29, 1.82) is 0 Å². The molecule has 1 aliphatic rings. The zero-order chi connectivity index (χ0) is 17.2. The normalized spacial score (nSPS) is 14.6. The predicted molar refractivity (Wildman–Crippen MR) is 93.3 cm³/mol. The molecule has 0 unspecified atom stereocenters. The van der Waals surface area contributed by atoms with Gasteiger partial charge < -0.3 is 9.64 Å². The van der Waals surface area contributed by atoms with Gasteiger partial charge in [0.15, 0.2) is 0 Å². The van der Waals surface area contributed by atoms with Crippen LogP contribution in [0.2, 0.25) is 0 Å². The number of ether oxygens (including phenoxy) is 1. The smallest absolute Gasteiger partial charge is 0.271 e. The Morgan fingerprint density at radius 3 is 2.50 bits per heavy atom.